The topological polar surface area (TPSA) is 70.0 Å². The molecule has 0 radical (unpaired) electrons. The van der Waals surface area contributed by atoms with Crippen LogP contribution >= 0.6 is 0 Å². The molecule has 5 aliphatic rings. The molecule has 3 saturated carbocycles. The van der Waals surface area contributed by atoms with Gasteiger partial charge in [0.2, 0.25) is 0 Å². The summed E-state index contributed by atoms with van der Waals surface area (Å²) in [6, 6.07) is 0.135. The van der Waals surface area contributed by atoms with E-state index >= 15 is 0 Å². The molecule has 4 unspecified atom stereocenters. The molecule has 3 aliphatic carbocycles. The minimum atomic E-state index is -0.828. The van der Waals surface area contributed by atoms with Crippen molar-refractivity contribution in [2.75, 3.05) is 13.6 Å². The zero-order chi connectivity index (χ0) is 15.3. The maximum absolute atomic E-state index is 12.6. The van der Waals surface area contributed by atoms with Crippen LogP contribution in [0.5, 0.6) is 0 Å². The monoisotopic (exact) mass is 307 g/mol. The second-order valence-corrected chi connectivity index (χ2v) is 8.32. The van der Waals surface area contributed by atoms with Crippen LogP contribution in [-0.2, 0) is 9.53 Å². The highest BCUT2D eigenvalue weighted by molar-refractivity contribution is 5.86. The first-order valence-electron chi connectivity index (χ1n) is 8.78. The number of ketones is 1. The zero-order valence-electron chi connectivity index (χ0n) is 13.1. The maximum Gasteiger partial charge on any atom is 0.162 e. The summed E-state index contributed by atoms with van der Waals surface area (Å²) in [7, 11) is 2.10. The second-order valence-electron chi connectivity index (χ2n) is 8.32. The summed E-state index contributed by atoms with van der Waals surface area (Å²) < 4.78 is 6.17. The number of hydrogen-bond donors (Lipinski definition) is 2. The molecule has 1 spiro atoms. The van der Waals surface area contributed by atoms with Crippen LogP contribution in [0.15, 0.2) is 0 Å². The van der Waals surface area contributed by atoms with Crippen LogP contribution in [0.4, 0.5) is 0 Å². The summed E-state index contributed by atoms with van der Waals surface area (Å²) in [6.07, 6.45) is 3.31. The Bertz CT molecular complexity index is 539. The minimum absolute atomic E-state index is 0.135. The van der Waals surface area contributed by atoms with Gasteiger partial charge in [-0.1, -0.05) is 0 Å². The lowest BCUT2D eigenvalue weighted by Gasteiger charge is -2.66. The molecule has 2 saturated heterocycles. The van der Waals surface area contributed by atoms with Crippen LogP contribution in [0, 0.1) is 17.3 Å². The fraction of sp³-hybridized carbons (Fsp3) is 0.941. The number of Topliss-reactive ketones (excluding diaryl/α,β-unsaturated/α-hetero) is 1. The van der Waals surface area contributed by atoms with Gasteiger partial charge >= 0.3 is 0 Å². The smallest absolute Gasteiger partial charge is 0.162 e. The fourth-order valence-electron chi connectivity index (χ4n) is 6.93. The van der Waals surface area contributed by atoms with Crippen molar-refractivity contribution < 1.29 is 19.7 Å². The summed E-state index contributed by atoms with van der Waals surface area (Å²) in [4.78, 5) is 14.9. The van der Waals surface area contributed by atoms with Crippen molar-refractivity contribution in [3.05, 3.63) is 0 Å². The van der Waals surface area contributed by atoms with Crippen molar-refractivity contribution in [3.63, 3.8) is 0 Å². The molecule has 2 bridgehead atoms. The van der Waals surface area contributed by atoms with E-state index in [-0.39, 0.29) is 23.8 Å². The predicted octanol–water partition coefficient (Wildman–Crippen LogP) is 0.329. The van der Waals surface area contributed by atoms with Crippen molar-refractivity contribution in [1.82, 2.24) is 4.90 Å². The van der Waals surface area contributed by atoms with E-state index in [9.17, 15) is 15.0 Å². The number of aliphatic hydroxyl groups excluding tert-OH is 1. The van der Waals surface area contributed by atoms with Gasteiger partial charge in [-0.25, -0.2) is 0 Å². The van der Waals surface area contributed by atoms with E-state index in [4.69, 9.17) is 4.74 Å². The van der Waals surface area contributed by atoms with E-state index in [0.29, 0.717) is 18.8 Å². The van der Waals surface area contributed by atoms with Crippen molar-refractivity contribution in [2.24, 2.45) is 17.3 Å². The molecule has 0 aromatic carbocycles. The number of piperidine rings is 1. The van der Waals surface area contributed by atoms with Gasteiger partial charge in [0.15, 0.2) is 5.78 Å². The highest BCUT2D eigenvalue weighted by atomic mass is 16.5. The van der Waals surface area contributed by atoms with E-state index in [1.54, 1.807) is 0 Å². The number of carbonyl (C=O) groups is 1. The highest BCUT2D eigenvalue weighted by Crippen LogP contribution is 2.68. The maximum atomic E-state index is 12.6. The normalized spacial score (nSPS) is 60.2. The lowest BCUT2D eigenvalue weighted by atomic mass is 9.43. The predicted molar refractivity (Wildman–Crippen MR) is 78.2 cm³/mol. The number of likely N-dealkylation sites (tertiary alicyclic amines) is 1. The summed E-state index contributed by atoms with van der Waals surface area (Å²) in [5.41, 5.74) is -1.28. The molecule has 5 heteroatoms. The Hall–Kier alpha value is -0.490. The van der Waals surface area contributed by atoms with E-state index in [2.05, 4.69) is 11.9 Å². The van der Waals surface area contributed by atoms with Crippen LogP contribution in [-0.4, -0.2) is 64.4 Å². The Morgan fingerprint density at radius 2 is 2.14 bits per heavy atom. The fourth-order valence-corrected chi connectivity index (χ4v) is 6.93. The first kappa shape index (κ1) is 13.9. The highest BCUT2D eigenvalue weighted by Gasteiger charge is 2.77. The quantitative estimate of drug-likeness (QED) is 0.675. The van der Waals surface area contributed by atoms with E-state index < -0.39 is 23.2 Å². The Kier molecular flexibility index (Phi) is 2.61. The molecule has 5 nitrogen and oxygen atoms in total. The van der Waals surface area contributed by atoms with Crippen LogP contribution in [0.2, 0.25) is 0 Å². The number of carbonyl (C=O) groups excluding carboxylic acids is 1. The number of ether oxygens (including phenoxy) is 1. The molecule has 0 aromatic rings. The van der Waals surface area contributed by atoms with Crippen molar-refractivity contribution in [1.29, 1.82) is 0 Å². The summed E-state index contributed by atoms with van der Waals surface area (Å²) in [6.45, 7) is 0.909. The van der Waals surface area contributed by atoms with Crippen LogP contribution in [0.25, 0.3) is 0 Å². The van der Waals surface area contributed by atoms with Crippen molar-refractivity contribution in [2.45, 2.75) is 68.5 Å². The Labute approximate surface area is 130 Å². The minimum Gasteiger partial charge on any atom is -0.390 e. The summed E-state index contributed by atoms with van der Waals surface area (Å²) >= 11 is 0. The Balaban J connectivity index is 1.72. The first-order valence-corrected chi connectivity index (χ1v) is 8.78. The van der Waals surface area contributed by atoms with Gasteiger partial charge in [0.25, 0.3) is 0 Å². The third kappa shape index (κ3) is 1.31. The summed E-state index contributed by atoms with van der Waals surface area (Å²) in [5.74, 6) is 0.771. The molecule has 2 aliphatic heterocycles. The van der Waals surface area contributed by atoms with Gasteiger partial charge in [0.05, 0.1) is 17.8 Å². The average molecular weight is 307 g/mol. The molecular weight excluding hydrogens is 282 g/mol. The second kappa shape index (κ2) is 4.12. The SMILES string of the molecule is CN1CC[C@]23C4C5CCC(O)C4O[C@H]2C(=O)CC[C@@]3(O)[C@H]1C5. The molecule has 5 fully saturated rings. The van der Waals surface area contributed by atoms with E-state index in [0.717, 1.165) is 32.2 Å². The number of likely N-dealkylation sites (N-methyl/N-ethyl adjacent to an activating group) is 1. The number of nitrogens with zero attached hydrogens (tertiary/aromatic N) is 1. The lowest BCUT2D eigenvalue weighted by molar-refractivity contribution is -0.247. The molecule has 0 aromatic heterocycles. The first-order chi connectivity index (χ1) is 10.5. The van der Waals surface area contributed by atoms with Gasteiger partial charge in [-0.05, 0) is 51.6 Å². The standard InChI is InChI=1S/C17H25NO4/c1-18-7-6-16-13-9-2-3-10(19)14(13)22-15(16)11(20)4-5-17(16,21)12(18)8-9/h9-10,12-15,19,21H,2-8H2,1H3/t9?,10?,12-,13?,14?,15+,16+,17-/m1/s1. The number of aliphatic hydroxyl groups is 2. The third-order valence-electron chi connectivity index (χ3n) is 7.77. The summed E-state index contributed by atoms with van der Waals surface area (Å²) in [5, 5.41) is 22.2. The largest absolute Gasteiger partial charge is 0.390 e. The van der Waals surface area contributed by atoms with Gasteiger partial charge in [0.1, 0.15) is 6.10 Å². The van der Waals surface area contributed by atoms with E-state index in [1.165, 1.54) is 0 Å². The molecule has 22 heavy (non-hydrogen) atoms. The molecule has 0 amide bonds. The average Bonchev–Trinajstić information content (AvgIpc) is 2.85. The molecule has 2 heterocycles. The molecule has 5 rings (SSSR count). The van der Waals surface area contributed by atoms with Crippen LogP contribution in [0.1, 0.15) is 38.5 Å². The van der Waals surface area contributed by atoms with Gasteiger partial charge in [0, 0.05) is 23.8 Å². The van der Waals surface area contributed by atoms with Gasteiger partial charge in [-0.3, -0.25) is 4.79 Å². The van der Waals surface area contributed by atoms with Crippen molar-refractivity contribution >= 4 is 5.78 Å². The number of rotatable bonds is 0. The van der Waals surface area contributed by atoms with Crippen LogP contribution in [0.3, 0.4) is 0 Å². The van der Waals surface area contributed by atoms with Gasteiger partial charge in [-0.2, -0.15) is 0 Å². The Morgan fingerprint density at radius 1 is 1.32 bits per heavy atom. The van der Waals surface area contributed by atoms with E-state index in [1.807, 2.05) is 0 Å². The molecule has 122 valence electrons. The third-order valence-corrected chi connectivity index (χ3v) is 7.77. The molecule has 8 atom stereocenters. The molecular formula is C17H25NO4. The Morgan fingerprint density at radius 3 is 2.95 bits per heavy atom. The molecule has 2 N–H and O–H groups in total. The van der Waals surface area contributed by atoms with Gasteiger partial charge in [-0.15, -0.1) is 0 Å². The number of hydrogen-bond acceptors (Lipinski definition) is 5. The van der Waals surface area contributed by atoms with Crippen molar-refractivity contribution in [3.8, 4) is 0 Å². The zero-order valence-corrected chi connectivity index (χ0v) is 13.1. The van der Waals surface area contributed by atoms with Crippen LogP contribution < -0.4 is 0 Å². The lowest BCUT2D eigenvalue weighted by Crippen LogP contribution is -2.76. The van der Waals surface area contributed by atoms with Gasteiger partial charge < -0.3 is 19.8 Å².